The predicted octanol–water partition coefficient (Wildman–Crippen LogP) is 5.09. The summed E-state index contributed by atoms with van der Waals surface area (Å²) in [5.74, 6) is 0.368. The van der Waals surface area contributed by atoms with Crippen LogP contribution in [0.5, 0.6) is 0 Å². The molecule has 4 rings (SSSR count). The molecule has 0 unspecified atom stereocenters. The van der Waals surface area contributed by atoms with Gasteiger partial charge in [-0.25, -0.2) is 4.39 Å². The van der Waals surface area contributed by atoms with E-state index in [1.54, 1.807) is 43.3 Å². The molecular formula is C23H17FN2O3. The number of carbonyl (C=O) groups is 2. The van der Waals surface area contributed by atoms with Gasteiger partial charge in [-0.3, -0.25) is 9.59 Å². The maximum atomic E-state index is 13.1. The number of anilines is 1. The molecular weight excluding hydrogens is 371 g/mol. The van der Waals surface area contributed by atoms with Gasteiger partial charge in [-0.1, -0.05) is 18.2 Å². The summed E-state index contributed by atoms with van der Waals surface area (Å²) in [6.45, 7) is 3.24. The third-order valence-corrected chi connectivity index (χ3v) is 4.60. The average Bonchev–Trinajstić information content (AvgIpc) is 3.29. The second-order valence-electron chi connectivity index (χ2n) is 6.68. The van der Waals surface area contributed by atoms with Gasteiger partial charge in [0.05, 0.1) is 17.0 Å². The lowest BCUT2D eigenvalue weighted by molar-refractivity contribution is -0.114. The van der Waals surface area contributed by atoms with Gasteiger partial charge in [0, 0.05) is 11.1 Å². The molecule has 0 radical (unpaired) electrons. The Labute approximate surface area is 166 Å². The Bertz CT molecular complexity index is 1170. The minimum absolute atomic E-state index is 0.0231. The Morgan fingerprint density at radius 2 is 1.86 bits per heavy atom. The van der Waals surface area contributed by atoms with Gasteiger partial charge in [-0.05, 0) is 62.4 Å². The monoisotopic (exact) mass is 388 g/mol. The molecule has 0 spiro atoms. The minimum atomic E-state index is -0.381. The summed E-state index contributed by atoms with van der Waals surface area (Å²) in [6.07, 6.45) is 1.63. The van der Waals surface area contributed by atoms with E-state index in [0.29, 0.717) is 34.1 Å². The zero-order valence-electron chi connectivity index (χ0n) is 15.8. The fourth-order valence-corrected chi connectivity index (χ4v) is 3.06. The highest BCUT2D eigenvalue weighted by molar-refractivity contribution is 6.32. The number of hydrogen-bond donors (Lipinski definition) is 0. The summed E-state index contributed by atoms with van der Waals surface area (Å²) >= 11 is 0. The van der Waals surface area contributed by atoms with Crippen LogP contribution in [0.25, 0.3) is 17.4 Å². The van der Waals surface area contributed by atoms with Gasteiger partial charge < -0.3 is 4.42 Å². The lowest BCUT2D eigenvalue weighted by Crippen LogP contribution is -2.21. The number of carbonyl (C=O) groups excluding carboxylic acids is 2. The van der Waals surface area contributed by atoms with Crippen LogP contribution < -0.4 is 5.01 Å². The van der Waals surface area contributed by atoms with Crippen LogP contribution >= 0.6 is 0 Å². The van der Waals surface area contributed by atoms with Crippen molar-refractivity contribution in [1.82, 2.24) is 0 Å². The van der Waals surface area contributed by atoms with Crippen molar-refractivity contribution in [2.45, 2.75) is 13.8 Å². The molecule has 144 valence electrons. The largest absolute Gasteiger partial charge is 0.457 e. The van der Waals surface area contributed by atoms with Crippen LogP contribution in [0, 0.1) is 5.82 Å². The standard InChI is InChI=1S/C23H17FN2O3/c1-14-21(23(28)26(25-14)19-8-6-18(24)7-9-19)13-20-10-11-22(29-20)17-5-3-4-16(12-17)15(2)27/h3-13H,1-2H3/b21-13-. The highest BCUT2D eigenvalue weighted by Gasteiger charge is 2.29. The maximum Gasteiger partial charge on any atom is 0.280 e. The molecule has 0 saturated heterocycles. The fourth-order valence-electron chi connectivity index (χ4n) is 3.06. The summed E-state index contributed by atoms with van der Waals surface area (Å²) in [5.41, 5.74) is 2.80. The van der Waals surface area contributed by atoms with Crippen molar-refractivity contribution in [2.24, 2.45) is 5.10 Å². The zero-order valence-corrected chi connectivity index (χ0v) is 15.8. The van der Waals surface area contributed by atoms with E-state index in [0.717, 1.165) is 5.56 Å². The molecule has 0 atom stereocenters. The van der Waals surface area contributed by atoms with Crippen molar-refractivity contribution >= 4 is 29.2 Å². The zero-order chi connectivity index (χ0) is 20.5. The summed E-state index contributed by atoms with van der Waals surface area (Å²) in [5, 5.41) is 5.51. The van der Waals surface area contributed by atoms with Crippen molar-refractivity contribution < 1.29 is 18.4 Å². The molecule has 0 bridgehead atoms. The molecule has 1 amide bonds. The van der Waals surface area contributed by atoms with Crippen LogP contribution in [0.4, 0.5) is 10.1 Å². The van der Waals surface area contributed by atoms with Crippen molar-refractivity contribution in [3.05, 3.63) is 83.4 Å². The Morgan fingerprint density at radius 1 is 1.10 bits per heavy atom. The number of furan rings is 1. The molecule has 0 aliphatic carbocycles. The molecule has 29 heavy (non-hydrogen) atoms. The second kappa shape index (κ2) is 7.31. The number of ketones is 1. The molecule has 2 aromatic carbocycles. The minimum Gasteiger partial charge on any atom is -0.457 e. The first-order chi connectivity index (χ1) is 13.9. The number of benzene rings is 2. The highest BCUT2D eigenvalue weighted by Crippen LogP contribution is 2.28. The first-order valence-electron chi connectivity index (χ1n) is 9.01. The van der Waals surface area contributed by atoms with Crippen molar-refractivity contribution in [2.75, 3.05) is 5.01 Å². The Kier molecular flexibility index (Phi) is 4.68. The third-order valence-electron chi connectivity index (χ3n) is 4.60. The van der Waals surface area contributed by atoms with Crippen LogP contribution in [-0.4, -0.2) is 17.4 Å². The summed E-state index contributed by atoms with van der Waals surface area (Å²) in [6, 6.07) is 16.3. The van der Waals surface area contributed by atoms with Gasteiger partial charge in [0.2, 0.25) is 0 Å². The van der Waals surface area contributed by atoms with Gasteiger partial charge >= 0.3 is 0 Å². The molecule has 1 aliphatic rings. The van der Waals surface area contributed by atoms with E-state index in [1.165, 1.54) is 36.2 Å². The van der Waals surface area contributed by atoms with E-state index < -0.39 is 0 Å². The summed E-state index contributed by atoms with van der Waals surface area (Å²) in [4.78, 5) is 24.4. The topological polar surface area (TPSA) is 62.9 Å². The van der Waals surface area contributed by atoms with E-state index in [9.17, 15) is 14.0 Å². The third kappa shape index (κ3) is 3.65. The number of amides is 1. The SMILES string of the molecule is CC(=O)c1cccc(-c2ccc(/C=C3\C(=O)N(c4ccc(F)cc4)N=C3C)o2)c1. The van der Waals surface area contributed by atoms with Gasteiger partial charge in [-0.2, -0.15) is 10.1 Å². The van der Waals surface area contributed by atoms with Gasteiger partial charge in [0.25, 0.3) is 5.91 Å². The van der Waals surface area contributed by atoms with Gasteiger partial charge in [0.15, 0.2) is 5.78 Å². The normalized spacial score (nSPS) is 15.1. The van der Waals surface area contributed by atoms with E-state index in [-0.39, 0.29) is 17.5 Å². The number of Topliss-reactive ketones (excluding diaryl/α,β-unsaturated/α-hetero) is 1. The number of halogens is 1. The first kappa shape index (κ1) is 18.6. The average molecular weight is 388 g/mol. The molecule has 3 aromatic rings. The summed E-state index contributed by atoms with van der Waals surface area (Å²) < 4.78 is 19.0. The first-order valence-corrected chi connectivity index (χ1v) is 9.01. The van der Waals surface area contributed by atoms with E-state index in [2.05, 4.69) is 5.10 Å². The molecule has 2 heterocycles. The lowest BCUT2D eigenvalue weighted by Gasteiger charge is -2.11. The molecule has 1 aromatic heterocycles. The van der Waals surface area contributed by atoms with Crippen LogP contribution in [0.15, 0.2) is 75.8 Å². The number of hydrogen-bond acceptors (Lipinski definition) is 4. The van der Waals surface area contributed by atoms with Crippen LogP contribution in [0.2, 0.25) is 0 Å². The fraction of sp³-hybridized carbons (Fsp3) is 0.0870. The number of rotatable bonds is 4. The lowest BCUT2D eigenvalue weighted by atomic mass is 10.1. The predicted molar refractivity (Wildman–Crippen MR) is 109 cm³/mol. The van der Waals surface area contributed by atoms with Gasteiger partial charge in [0.1, 0.15) is 17.3 Å². The number of nitrogens with zero attached hydrogens (tertiary/aromatic N) is 2. The van der Waals surface area contributed by atoms with E-state index in [1.807, 2.05) is 6.07 Å². The Balaban J connectivity index is 1.61. The van der Waals surface area contributed by atoms with Gasteiger partial charge in [-0.15, -0.1) is 0 Å². The Hall–Kier alpha value is -3.80. The molecule has 1 aliphatic heterocycles. The van der Waals surface area contributed by atoms with E-state index >= 15 is 0 Å². The maximum absolute atomic E-state index is 13.1. The number of hydrazone groups is 1. The molecule has 0 saturated carbocycles. The van der Waals surface area contributed by atoms with Crippen molar-refractivity contribution in [3.63, 3.8) is 0 Å². The Morgan fingerprint density at radius 3 is 2.59 bits per heavy atom. The summed E-state index contributed by atoms with van der Waals surface area (Å²) in [7, 11) is 0. The highest BCUT2D eigenvalue weighted by atomic mass is 19.1. The quantitative estimate of drug-likeness (QED) is 0.462. The molecule has 0 N–H and O–H groups in total. The van der Waals surface area contributed by atoms with E-state index in [4.69, 9.17) is 4.42 Å². The van der Waals surface area contributed by atoms with Crippen molar-refractivity contribution in [1.29, 1.82) is 0 Å². The van der Waals surface area contributed by atoms with Crippen LogP contribution in [0.3, 0.4) is 0 Å². The smallest absolute Gasteiger partial charge is 0.280 e. The second-order valence-corrected chi connectivity index (χ2v) is 6.68. The molecule has 5 nitrogen and oxygen atoms in total. The van der Waals surface area contributed by atoms with Crippen LogP contribution in [-0.2, 0) is 4.79 Å². The van der Waals surface area contributed by atoms with Crippen molar-refractivity contribution in [3.8, 4) is 11.3 Å². The molecule has 0 fully saturated rings. The van der Waals surface area contributed by atoms with Crippen LogP contribution in [0.1, 0.15) is 30.0 Å². The molecule has 6 heteroatoms.